The summed E-state index contributed by atoms with van der Waals surface area (Å²) in [6.07, 6.45) is 0. The van der Waals surface area contributed by atoms with Gasteiger partial charge in [-0.1, -0.05) is 121 Å². The molecule has 0 bridgehead atoms. The van der Waals surface area contributed by atoms with Gasteiger partial charge >= 0.3 is 0 Å². The summed E-state index contributed by atoms with van der Waals surface area (Å²) in [5.74, 6) is 0. The summed E-state index contributed by atoms with van der Waals surface area (Å²) < 4.78 is 0. The van der Waals surface area contributed by atoms with E-state index in [2.05, 4.69) is 146 Å². The van der Waals surface area contributed by atoms with Crippen LogP contribution in [0.5, 0.6) is 0 Å². The van der Waals surface area contributed by atoms with E-state index in [1.54, 1.807) is 0 Å². The second-order valence-corrected chi connectivity index (χ2v) is 12.5. The molecule has 7 rings (SSSR count). The van der Waals surface area contributed by atoms with E-state index < -0.39 is 0 Å². The molecule has 4 aromatic carbocycles. The lowest BCUT2D eigenvalue weighted by atomic mass is 9.94. The molecule has 0 nitrogen and oxygen atoms in total. The minimum absolute atomic E-state index is 1.25. The van der Waals surface area contributed by atoms with Crippen LogP contribution in [0, 0.1) is 0 Å². The summed E-state index contributed by atoms with van der Waals surface area (Å²) in [5.41, 5.74) is 7.67. The third-order valence-electron chi connectivity index (χ3n) is 6.81. The van der Waals surface area contributed by atoms with Gasteiger partial charge in [0.15, 0.2) is 0 Å². The van der Waals surface area contributed by atoms with Crippen LogP contribution in [-0.4, -0.2) is 0 Å². The van der Waals surface area contributed by atoms with Gasteiger partial charge in [-0.05, 0) is 46.5 Å². The second kappa shape index (κ2) is 10.6. The Kier molecular flexibility index (Phi) is 6.55. The first-order chi connectivity index (χ1) is 19.3. The van der Waals surface area contributed by atoms with E-state index in [1.165, 1.54) is 62.6 Å². The number of benzene rings is 4. The van der Waals surface area contributed by atoms with Gasteiger partial charge in [-0.2, -0.15) is 0 Å². The molecule has 3 heterocycles. The van der Waals surface area contributed by atoms with Gasteiger partial charge in [-0.15, -0.1) is 34.0 Å². The Labute approximate surface area is 241 Å². The Bertz CT molecular complexity index is 1690. The van der Waals surface area contributed by atoms with E-state index in [-0.39, 0.29) is 0 Å². The van der Waals surface area contributed by atoms with E-state index in [9.17, 15) is 0 Å². The van der Waals surface area contributed by atoms with Crippen molar-refractivity contribution < 1.29 is 0 Å². The van der Waals surface area contributed by atoms with Crippen molar-refractivity contribution in [2.45, 2.75) is 0 Å². The van der Waals surface area contributed by atoms with Crippen LogP contribution in [0.3, 0.4) is 0 Å². The Hall–Kier alpha value is -4.02. The Morgan fingerprint density at radius 2 is 0.564 bits per heavy atom. The molecule has 0 saturated carbocycles. The van der Waals surface area contributed by atoms with Crippen molar-refractivity contribution in [1.82, 2.24) is 0 Å². The summed E-state index contributed by atoms with van der Waals surface area (Å²) in [4.78, 5) is 7.86. The molecule has 0 aliphatic heterocycles. The van der Waals surface area contributed by atoms with Crippen LogP contribution in [-0.2, 0) is 0 Å². The maximum Gasteiger partial charge on any atom is 0.0534 e. The van der Waals surface area contributed by atoms with Gasteiger partial charge in [0, 0.05) is 30.6 Å². The van der Waals surface area contributed by atoms with Gasteiger partial charge in [0.2, 0.25) is 0 Å². The monoisotopic (exact) mass is 552 g/mol. The van der Waals surface area contributed by atoms with Gasteiger partial charge in [-0.3, -0.25) is 0 Å². The largest absolute Gasteiger partial charge is 0.134 e. The Balaban J connectivity index is 1.47. The van der Waals surface area contributed by atoms with E-state index in [4.69, 9.17) is 0 Å². The van der Waals surface area contributed by atoms with Crippen molar-refractivity contribution in [2.75, 3.05) is 0 Å². The molecule has 0 radical (unpaired) electrons. The van der Waals surface area contributed by atoms with Gasteiger partial charge in [0.1, 0.15) is 0 Å². The maximum atomic E-state index is 2.30. The molecule has 0 amide bonds. The number of rotatable bonds is 6. The normalized spacial score (nSPS) is 11.1. The molecule has 0 N–H and O–H groups in total. The first-order valence-corrected chi connectivity index (χ1v) is 15.4. The quantitative estimate of drug-likeness (QED) is 0.192. The molecule has 0 fully saturated rings. The highest BCUT2D eigenvalue weighted by Crippen LogP contribution is 2.55. The third-order valence-corrected chi connectivity index (χ3v) is 10.6. The van der Waals surface area contributed by atoms with E-state index >= 15 is 0 Å². The molecule has 0 saturated heterocycles. The van der Waals surface area contributed by atoms with Gasteiger partial charge in [0.25, 0.3) is 0 Å². The lowest BCUT2D eigenvalue weighted by molar-refractivity contribution is 1.63. The highest BCUT2D eigenvalue weighted by atomic mass is 32.1. The average Bonchev–Trinajstić information content (AvgIpc) is 3.78. The fraction of sp³-hybridized carbons (Fsp3) is 0. The lowest BCUT2D eigenvalue weighted by Crippen LogP contribution is -1.84. The highest BCUT2D eigenvalue weighted by molar-refractivity contribution is 7.28. The predicted octanol–water partition coefficient (Wildman–Crippen LogP) is 11.9. The Morgan fingerprint density at radius 1 is 0.256 bits per heavy atom. The molecular formula is C36H24S3. The van der Waals surface area contributed by atoms with E-state index in [0.29, 0.717) is 0 Å². The van der Waals surface area contributed by atoms with Crippen molar-refractivity contribution in [3.05, 3.63) is 146 Å². The molecule has 0 aliphatic rings. The zero-order valence-corrected chi connectivity index (χ0v) is 23.5. The molecule has 7 aromatic rings. The molecular weight excluding hydrogens is 529 g/mol. The van der Waals surface area contributed by atoms with E-state index in [1.807, 2.05) is 34.0 Å². The smallest absolute Gasteiger partial charge is 0.0534 e. The van der Waals surface area contributed by atoms with Gasteiger partial charge in [-0.25, -0.2) is 0 Å². The average molecular weight is 553 g/mol. The van der Waals surface area contributed by atoms with Gasteiger partial charge < -0.3 is 0 Å². The molecule has 0 aliphatic carbocycles. The maximum absolute atomic E-state index is 2.30. The second-order valence-electron chi connectivity index (χ2n) is 9.30. The molecule has 3 aromatic heterocycles. The summed E-state index contributed by atoms with van der Waals surface area (Å²) >= 11 is 5.67. The van der Waals surface area contributed by atoms with Crippen molar-refractivity contribution in [2.24, 2.45) is 0 Å². The number of hydrogen-bond acceptors (Lipinski definition) is 3. The highest BCUT2D eigenvalue weighted by Gasteiger charge is 2.25. The summed E-state index contributed by atoms with van der Waals surface area (Å²) in [6.45, 7) is 0. The molecule has 0 spiro atoms. The predicted molar refractivity (Wildman–Crippen MR) is 173 cm³/mol. The van der Waals surface area contributed by atoms with Crippen molar-refractivity contribution in [3.63, 3.8) is 0 Å². The fourth-order valence-electron chi connectivity index (χ4n) is 4.97. The standard InChI is InChI=1S/C36H24S3/c1-5-13-25(14-6-1)29-21-23-31(37-29)35-33(27-17-9-3-10-18-27)34(28-19-11-4-12-20-28)36(39-35)32-24-22-30(38-32)26-15-7-2-8-16-26/h1-24H. The first-order valence-electron chi connectivity index (χ1n) is 12.9. The molecule has 39 heavy (non-hydrogen) atoms. The third kappa shape index (κ3) is 4.70. The summed E-state index contributed by atoms with van der Waals surface area (Å²) in [5, 5.41) is 0. The number of hydrogen-bond donors (Lipinski definition) is 0. The lowest BCUT2D eigenvalue weighted by Gasteiger charge is -2.09. The van der Waals surface area contributed by atoms with Crippen LogP contribution in [0.4, 0.5) is 0 Å². The number of thiophene rings is 3. The SMILES string of the molecule is c1ccc(-c2ccc(-c3sc(-c4ccc(-c5ccccc5)s4)c(-c4ccccc4)c3-c3ccccc3)s2)cc1. The van der Waals surface area contributed by atoms with E-state index in [0.717, 1.165) is 0 Å². The van der Waals surface area contributed by atoms with Crippen molar-refractivity contribution in [3.8, 4) is 62.6 Å². The minimum Gasteiger partial charge on any atom is -0.134 e. The van der Waals surface area contributed by atoms with Crippen LogP contribution in [0.15, 0.2) is 146 Å². The van der Waals surface area contributed by atoms with Crippen LogP contribution >= 0.6 is 34.0 Å². The van der Waals surface area contributed by atoms with Crippen molar-refractivity contribution in [1.29, 1.82) is 0 Å². The van der Waals surface area contributed by atoms with Crippen LogP contribution in [0.2, 0.25) is 0 Å². The van der Waals surface area contributed by atoms with Crippen LogP contribution < -0.4 is 0 Å². The summed E-state index contributed by atoms with van der Waals surface area (Å²) in [6, 6.07) is 52.3. The first kappa shape index (κ1) is 24.1. The zero-order valence-electron chi connectivity index (χ0n) is 21.1. The Morgan fingerprint density at radius 3 is 0.923 bits per heavy atom. The van der Waals surface area contributed by atoms with Crippen molar-refractivity contribution >= 4 is 34.0 Å². The van der Waals surface area contributed by atoms with Crippen LogP contribution in [0.1, 0.15) is 0 Å². The topological polar surface area (TPSA) is 0 Å². The molecule has 0 atom stereocenters. The minimum atomic E-state index is 1.25. The van der Waals surface area contributed by atoms with Crippen LogP contribution in [0.25, 0.3) is 62.6 Å². The summed E-state index contributed by atoms with van der Waals surface area (Å²) in [7, 11) is 0. The molecule has 3 heteroatoms. The molecule has 0 unspecified atom stereocenters. The molecule has 186 valence electrons. The van der Waals surface area contributed by atoms with Gasteiger partial charge in [0.05, 0.1) is 9.75 Å². The zero-order chi connectivity index (χ0) is 26.0. The fourth-order valence-corrected chi connectivity index (χ4v) is 8.57.